The first-order chi connectivity index (χ1) is 16.7. The van der Waals surface area contributed by atoms with Crippen molar-refractivity contribution in [3.63, 3.8) is 0 Å². The summed E-state index contributed by atoms with van der Waals surface area (Å²) in [5, 5.41) is 7.30. The maximum absolute atomic E-state index is 12.7. The molecule has 178 valence electrons. The molecule has 2 fully saturated rings. The summed E-state index contributed by atoms with van der Waals surface area (Å²) in [6.07, 6.45) is 12.4. The zero-order valence-electron chi connectivity index (χ0n) is 19.9. The summed E-state index contributed by atoms with van der Waals surface area (Å²) >= 11 is 0. The Balaban J connectivity index is 1.24. The second-order valence-electron chi connectivity index (χ2n) is 10.1. The van der Waals surface area contributed by atoms with Crippen molar-refractivity contribution in [3.8, 4) is 11.3 Å². The molecule has 0 spiro atoms. The number of carbonyl (C=O) groups is 2. The number of rotatable bonds is 5. The molecule has 2 aliphatic carbocycles. The molecule has 5 heteroatoms. The molecule has 0 radical (unpaired) electrons. The molecule has 3 aromatic rings. The van der Waals surface area contributed by atoms with Crippen molar-refractivity contribution in [3.05, 3.63) is 48.5 Å². The summed E-state index contributed by atoms with van der Waals surface area (Å²) in [4.78, 5) is 28.7. The normalized spacial score (nSPS) is 17.9. The Morgan fingerprint density at radius 3 is 1.79 bits per heavy atom. The maximum atomic E-state index is 12.7. The fourth-order valence-corrected chi connectivity index (χ4v) is 5.49. The molecule has 2 amide bonds. The highest BCUT2D eigenvalue weighted by Gasteiger charge is 2.21. The quantitative estimate of drug-likeness (QED) is 0.353. The first kappa shape index (κ1) is 22.7. The highest BCUT2D eigenvalue weighted by atomic mass is 16.2. The standard InChI is InChI=1S/C29H35N3O2/c33-28(21-8-4-1-2-5-9-21)30-24-14-12-20(13-15-24)27-19-23-18-25(16-17-26(23)32-27)31-29(34)22-10-6-3-7-11-22/h12-19,21-22,32H,1-11H2,(H,30,33)(H,31,34). The molecule has 1 heterocycles. The Morgan fingerprint density at radius 1 is 0.647 bits per heavy atom. The van der Waals surface area contributed by atoms with E-state index < -0.39 is 0 Å². The van der Waals surface area contributed by atoms with E-state index in [0.717, 1.165) is 84.9 Å². The van der Waals surface area contributed by atoms with E-state index in [-0.39, 0.29) is 23.7 Å². The van der Waals surface area contributed by atoms with Gasteiger partial charge in [-0.05, 0) is 67.6 Å². The second-order valence-corrected chi connectivity index (χ2v) is 10.1. The summed E-state index contributed by atoms with van der Waals surface area (Å²) in [7, 11) is 0. The Labute approximate surface area is 201 Å². The van der Waals surface area contributed by atoms with Crippen molar-refractivity contribution in [1.29, 1.82) is 0 Å². The number of carbonyl (C=O) groups excluding carboxylic acids is 2. The highest BCUT2D eigenvalue weighted by Crippen LogP contribution is 2.29. The van der Waals surface area contributed by atoms with E-state index in [0.29, 0.717) is 0 Å². The largest absolute Gasteiger partial charge is 0.355 e. The average Bonchev–Trinajstić information content (AvgIpc) is 3.09. The smallest absolute Gasteiger partial charge is 0.227 e. The van der Waals surface area contributed by atoms with Crippen LogP contribution in [0.3, 0.4) is 0 Å². The van der Waals surface area contributed by atoms with E-state index in [4.69, 9.17) is 0 Å². The number of aromatic amines is 1. The van der Waals surface area contributed by atoms with Gasteiger partial charge in [-0.3, -0.25) is 9.59 Å². The molecule has 3 N–H and O–H groups in total. The van der Waals surface area contributed by atoms with Crippen LogP contribution in [0.5, 0.6) is 0 Å². The Kier molecular flexibility index (Phi) is 6.98. The molecule has 2 saturated carbocycles. The van der Waals surface area contributed by atoms with Crippen LogP contribution >= 0.6 is 0 Å². The third kappa shape index (κ3) is 5.35. The van der Waals surface area contributed by atoms with Crippen LogP contribution in [-0.2, 0) is 9.59 Å². The number of benzene rings is 2. The number of amides is 2. The molecule has 1 aromatic heterocycles. The second kappa shape index (κ2) is 10.5. The van der Waals surface area contributed by atoms with Gasteiger partial charge >= 0.3 is 0 Å². The SMILES string of the molecule is O=C(Nc1ccc(-c2cc3cc(NC(=O)C4CCCCC4)ccc3[nH]2)cc1)C1CCCCCC1. The minimum Gasteiger partial charge on any atom is -0.355 e. The zero-order chi connectivity index (χ0) is 23.3. The average molecular weight is 458 g/mol. The van der Waals surface area contributed by atoms with Crippen LogP contribution in [0, 0.1) is 11.8 Å². The number of H-pyrrole nitrogens is 1. The van der Waals surface area contributed by atoms with Crippen LogP contribution in [0.25, 0.3) is 22.2 Å². The molecular formula is C29H35N3O2. The van der Waals surface area contributed by atoms with Gasteiger partial charge in [0.15, 0.2) is 0 Å². The van der Waals surface area contributed by atoms with Gasteiger partial charge in [-0.2, -0.15) is 0 Å². The first-order valence-corrected chi connectivity index (χ1v) is 13.0. The summed E-state index contributed by atoms with van der Waals surface area (Å²) < 4.78 is 0. The lowest BCUT2D eigenvalue weighted by Gasteiger charge is -2.20. The summed E-state index contributed by atoms with van der Waals surface area (Å²) in [5.41, 5.74) is 4.83. The van der Waals surface area contributed by atoms with E-state index in [2.05, 4.69) is 21.7 Å². The van der Waals surface area contributed by atoms with Gasteiger partial charge in [-0.15, -0.1) is 0 Å². The zero-order valence-corrected chi connectivity index (χ0v) is 19.9. The summed E-state index contributed by atoms with van der Waals surface area (Å²) in [6, 6.07) is 16.2. The van der Waals surface area contributed by atoms with Gasteiger partial charge in [0, 0.05) is 39.8 Å². The fraction of sp³-hybridized carbons (Fsp3) is 0.448. The van der Waals surface area contributed by atoms with Crippen molar-refractivity contribution in [2.45, 2.75) is 70.6 Å². The number of hydrogen-bond donors (Lipinski definition) is 3. The van der Waals surface area contributed by atoms with Crippen molar-refractivity contribution < 1.29 is 9.59 Å². The number of fused-ring (bicyclic) bond motifs is 1. The predicted octanol–water partition coefficient (Wildman–Crippen LogP) is 7.26. The molecule has 5 nitrogen and oxygen atoms in total. The van der Waals surface area contributed by atoms with Gasteiger partial charge in [0.1, 0.15) is 0 Å². The third-order valence-electron chi connectivity index (χ3n) is 7.55. The van der Waals surface area contributed by atoms with Crippen LogP contribution in [0.1, 0.15) is 70.6 Å². The summed E-state index contributed by atoms with van der Waals surface area (Å²) in [6.45, 7) is 0. The van der Waals surface area contributed by atoms with Gasteiger partial charge in [0.05, 0.1) is 0 Å². The minimum absolute atomic E-state index is 0.142. The number of nitrogens with one attached hydrogen (secondary N) is 3. The van der Waals surface area contributed by atoms with Crippen LogP contribution in [-0.4, -0.2) is 16.8 Å². The van der Waals surface area contributed by atoms with Crippen molar-refractivity contribution in [1.82, 2.24) is 4.98 Å². The lowest BCUT2D eigenvalue weighted by atomic mass is 9.88. The molecular weight excluding hydrogens is 422 g/mol. The van der Waals surface area contributed by atoms with E-state index in [9.17, 15) is 9.59 Å². The topological polar surface area (TPSA) is 74.0 Å². The molecule has 0 unspecified atom stereocenters. The molecule has 0 bridgehead atoms. The van der Waals surface area contributed by atoms with Gasteiger partial charge in [-0.1, -0.05) is 57.1 Å². The Hall–Kier alpha value is -3.08. The molecule has 0 saturated heterocycles. The molecule has 0 atom stereocenters. The van der Waals surface area contributed by atoms with Crippen molar-refractivity contribution in [2.75, 3.05) is 10.6 Å². The summed E-state index contributed by atoms with van der Waals surface area (Å²) in [5.74, 6) is 0.593. The molecule has 2 aliphatic rings. The van der Waals surface area contributed by atoms with E-state index in [1.165, 1.54) is 19.3 Å². The van der Waals surface area contributed by atoms with Gasteiger partial charge in [-0.25, -0.2) is 0 Å². The third-order valence-corrected chi connectivity index (χ3v) is 7.55. The molecule has 0 aliphatic heterocycles. The van der Waals surface area contributed by atoms with Crippen molar-refractivity contribution in [2.24, 2.45) is 11.8 Å². The Morgan fingerprint density at radius 2 is 1.18 bits per heavy atom. The fourth-order valence-electron chi connectivity index (χ4n) is 5.49. The lowest BCUT2D eigenvalue weighted by molar-refractivity contribution is -0.121. The van der Waals surface area contributed by atoms with Gasteiger partial charge < -0.3 is 15.6 Å². The number of anilines is 2. The Bertz CT molecular complexity index is 1130. The van der Waals surface area contributed by atoms with Gasteiger partial charge in [0.2, 0.25) is 11.8 Å². The van der Waals surface area contributed by atoms with Crippen LogP contribution in [0.2, 0.25) is 0 Å². The monoisotopic (exact) mass is 457 g/mol. The van der Waals surface area contributed by atoms with Crippen LogP contribution in [0.4, 0.5) is 11.4 Å². The molecule has 5 rings (SSSR count). The highest BCUT2D eigenvalue weighted by molar-refractivity contribution is 5.96. The lowest BCUT2D eigenvalue weighted by Crippen LogP contribution is -2.24. The van der Waals surface area contributed by atoms with Crippen LogP contribution < -0.4 is 10.6 Å². The molecule has 2 aromatic carbocycles. The minimum atomic E-state index is 0.142. The predicted molar refractivity (Wildman–Crippen MR) is 139 cm³/mol. The number of hydrogen-bond acceptors (Lipinski definition) is 2. The number of aromatic nitrogens is 1. The van der Waals surface area contributed by atoms with E-state index >= 15 is 0 Å². The van der Waals surface area contributed by atoms with E-state index in [1.54, 1.807) is 0 Å². The first-order valence-electron chi connectivity index (χ1n) is 13.0. The van der Waals surface area contributed by atoms with Crippen molar-refractivity contribution >= 4 is 34.1 Å². The van der Waals surface area contributed by atoms with E-state index in [1.807, 2.05) is 42.5 Å². The maximum Gasteiger partial charge on any atom is 0.227 e. The van der Waals surface area contributed by atoms with Crippen LogP contribution in [0.15, 0.2) is 48.5 Å². The van der Waals surface area contributed by atoms with Gasteiger partial charge in [0.25, 0.3) is 0 Å². The molecule has 34 heavy (non-hydrogen) atoms.